The quantitative estimate of drug-likeness (QED) is 0.561. The molecule has 28 heavy (non-hydrogen) atoms. The SMILES string of the molecule is CCCCCS(=O)(=O)CC(=O)N1CCCN(S(=O)(=O)c2c(C)noc2C)CC1. The van der Waals surface area contributed by atoms with Crippen molar-refractivity contribution in [2.45, 2.75) is 51.3 Å². The number of hydrogen-bond donors (Lipinski definition) is 0. The highest BCUT2D eigenvalue weighted by atomic mass is 32.2. The number of carbonyl (C=O) groups excluding carboxylic acids is 1. The van der Waals surface area contributed by atoms with Crippen LogP contribution in [0.2, 0.25) is 0 Å². The fourth-order valence-corrected chi connectivity index (χ4v) is 6.39. The lowest BCUT2D eigenvalue weighted by Gasteiger charge is -2.22. The van der Waals surface area contributed by atoms with E-state index in [4.69, 9.17) is 4.52 Å². The van der Waals surface area contributed by atoms with Crippen LogP contribution in [0.3, 0.4) is 0 Å². The van der Waals surface area contributed by atoms with Gasteiger partial charge in [0.25, 0.3) is 0 Å². The Balaban J connectivity index is 2.02. The Morgan fingerprint density at radius 1 is 1.07 bits per heavy atom. The number of unbranched alkanes of at least 4 members (excludes halogenated alkanes) is 2. The van der Waals surface area contributed by atoms with Gasteiger partial charge in [0, 0.05) is 26.2 Å². The molecule has 1 aliphatic rings. The van der Waals surface area contributed by atoms with Crippen molar-refractivity contribution in [3.63, 3.8) is 0 Å². The molecule has 1 fully saturated rings. The van der Waals surface area contributed by atoms with Gasteiger partial charge in [0.05, 0.1) is 5.75 Å². The van der Waals surface area contributed by atoms with Gasteiger partial charge in [-0.05, 0) is 26.7 Å². The van der Waals surface area contributed by atoms with Crippen LogP contribution in [0.4, 0.5) is 0 Å². The number of amides is 1. The number of nitrogens with zero attached hydrogens (tertiary/aromatic N) is 3. The largest absolute Gasteiger partial charge is 0.360 e. The summed E-state index contributed by atoms with van der Waals surface area (Å²) in [5, 5.41) is 3.70. The number of rotatable bonds is 8. The van der Waals surface area contributed by atoms with Gasteiger partial charge in [-0.2, -0.15) is 4.31 Å². The van der Waals surface area contributed by atoms with Gasteiger partial charge in [-0.15, -0.1) is 0 Å². The molecule has 9 nitrogen and oxygen atoms in total. The first-order valence-corrected chi connectivity index (χ1v) is 12.8. The van der Waals surface area contributed by atoms with Crippen molar-refractivity contribution in [2.75, 3.05) is 37.7 Å². The molecule has 1 aliphatic heterocycles. The highest BCUT2D eigenvalue weighted by Crippen LogP contribution is 2.24. The van der Waals surface area contributed by atoms with Crippen LogP contribution in [-0.4, -0.2) is 74.8 Å². The van der Waals surface area contributed by atoms with Crippen molar-refractivity contribution in [1.29, 1.82) is 0 Å². The van der Waals surface area contributed by atoms with E-state index in [1.807, 2.05) is 6.92 Å². The Morgan fingerprint density at radius 3 is 2.39 bits per heavy atom. The highest BCUT2D eigenvalue weighted by molar-refractivity contribution is 7.92. The second-order valence-electron chi connectivity index (χ2n) is 7.09. The molecule has 160 valence electrons. The second-order valence-corrected chi connectivity index (χ2v) is 11.1. The Bertz CT molecular complexity index is 872. The van der Waals surface area contributed by atoms with Crippen molar-refractivity contribution in [2.24, 2.45) is 0 Å². The van der Waals surface area contributed by atoms with Gasteiger partial charge < -0.3 is 9.42 Å². The summed E-state index contributed by atoms with van der Waals surface area (Å²) in [6.45, 7) is 5.94. The topological polar surface area (TPSA) is 118 Å². The Morgan fingerprint density at radius 2 is 1.79 bits per heavy atom. The number of carbonyl (C=O) groups is 1. The van der Waals surface area contributed by atoms with E-state index in [9.17, 15) is 21.6 Å². The first kappa shape index (κ1) is 22.8. The van der Waals surface area contributed by atoms with Crippen molar-refractivity contribution < 1.29 is 26.2 Å². The van der Waals surface area contributed by atoms with Crippen LogP contribution in [0.25, 0.3) is 0 Å². The minimum absolute atomic E-state index is 0.00691. The molecule has 1 aromatic heterocycles. The fraction of sp³-hybridized carbons (Fsp3) is 0.765. The first-order valence-electron chi connectivity index (χ1n) is 9.49. The Kier molecular flexibility index (Phi) is 7.63. The molecule has 0 N–H and O–H groups in total. The van der Waals surface area contributed by atoms with Crippen LogP contribution in [0.5, 0.6) is 0 Å². The second kappa shape index (κ2) is 9.36. The molecule has 0 saturated carbocycles. The average molecular weight is 436 g/mol. The normalized spacial score (nSPS) is 16.9. The molecule has 11 heteroatoms. The van der Waals surface area contributed by atoms with Gasteiger partial charge >= 0.3 is 0 Å². The van der Waals surface area contributed by atoms with Gasteiger partial charge in [0.15, 0.2) is 15.6 Å². The van der Waals surface area contributed by atoms with Gasteiger partial charge in [-0.3, -0.25) is 4.79 Å². The lowest BCUT2D eigenvalue weighted by atomic mass is 10.3. The molecule has 1 aromatic rings. The van der Waals surface area contributed by atoms with Crippen molar-refractivity contribution in [3.05, 3.63) is 11.5 Å². The molecule has 1 saturated heterocycles. The summed E-state index contributed by atoms with van der Waals surface area (Å²) in [6.07, 6.45) is 2.70. The zero-order valence-corrected chi connectivity index (χ0v) is 18.3. The third-order valence-corrected chi connectivity index (χ3v) is 8.52. The molecule has 0 radical (unpaired) electrons. The molecule has 2 rings (SSSR count). The highest BCUT2D eigenvalue weighted by Gasteiger charge is 2.33. The standard InChI is InChI=1S/C17H29N3O6S2/c1-4-5-6-12-27(22,23)13-16(21)19-8-7-9-20(11-10-19)28(24,25)17-14(2)18-26-15(17)3/h4-13H2,1-3H3. The van der Waals surface area contributed by atoms with E-state index in [2.05, 4.69) is 5.16 Å². The van der Waals surface area contributed by atoms with E-state index in [-0.39, 0.29) is 36.0 Å². The van der Waals surface area contributed by atoms with Crippen molar-refractivity contribution in [3.8, 4) is 0 Å². The van der Waals surface area contributed by atoms with Crippen LogP contribution in [0, 0.1) is 13.8 Å². The molecule has 0 aliphatic carbocycles. The number of hydrogen-bond acceptors (Lipinski definition) is 7. The van der Waals surface area contributed by atoms with E-state index in [0.717, 1.165) is 12.8 Å². The van der Waals surface area contributed by atoms with Crippen LogP contribution >= 0.6 is 0 Å². The molecule has 0 unspecified atom stereocenters. The summed E-state index contributed by atoms with van der Waals surface area (Å²) in [6, 6.07) is 0. The molecule has 0 bridgehead atoms. The number of sulfone groups is 1. The van der Waals surface area contributed by atoms with Crippen LogP contribution in [0.1, 0.15) is 44.1 Å². The lowest BCUT2D eigenvalue weighted by molar-refractivity contribution is -0.128. The first-order chi connectivity index (χ1) is 13.1. The van der Waals surface area contributed by atoms with Crippen molar-refractivity contribution in [1.82, 2.24) is 14.4 Å². The molecule has 0 atom stereocenters. The minimum atomic E-state index is -3.78. The lowest BCUT2D eigenvalue weighted by Crippen LogP contribution is -2.40. The smallest absolute Gasteiger partial charge is 0.248 e. The molecule has 0 spiro atoms. The minimum Gasteiger partial charge on any atom is -0.360 e. The zero-order valence-electron chi connectivity index (χ0n) is 16.7. The maximum atomic E-state index is 12.9. The third kappa shape index (κ3) is 5.54. The van der Waals surface area contributed by atoms with Crippen LogP contribution in [0.15, 0.2) is 9.42 Å². The predicted octanol–water partition coefficient (Wildman–Crippen LogP) is 1.12. The monoisotopic (exact) mass is 435 g/mol. The molecule has 1 amide bonds. The van der Waals surface area contributed by atoms with E-state index in [1.54, 1.807) is 13.8 Å². The number of sulfonamides is 1. The van der Waals surface area contributed by atoms with E-state index in [1.165, 1.54) is 9.21 Å². The predicted molar refractivity (Wildman–Crippen MR) is 104 cm³/mol. The Hall–Kier alpha value is -1.46. The van der Waals surface area contributed by atoms with Gasteiger partial charge in [0.2, 0.25) is 15.9 Å². The number of aryl methyl sites for hydroxylation is 2. The summed E-state index contributed by atoms with van der Waals surface area (Å²) in [5.74, 6) is -0.749. The molecular weight excluding hydrogens is 406 g/mol. The Labute approximate surface area is 167 Å². The van der Waals surface area contributed by atoms with E-state index in [0.29, 0.717) is 25.1 Å². The summed E-state index contributed by atoms with van der Waals surface area (Å²) in [4.78, 5) is 14.0. The number of aromatic nitrogens is 1. The maximum Gasteiger partial charge on any atom is 0.248 e. The van der Waals surface area contributed by atoms with E-state index < -0.39 is 31.5 Å². The van der Waals surface area contributed by atoms with Gasteiger partial charge in [0.1, 0.15) is 16.3 Å². The fourth-order valence-electron chi connectivity index (χ4n) is 3.28. The zero-order chi connectivity index (χ0) is 20.9. The maximum absolute atomic E-state index is 12.9. The average Bonchev–Trinajstić information content (AvgIpc) is 2.81. The summed E-state index contributed by atoms with van der Waals surface area (Å²) >= 11 is 0. The van der Waals surface area contributed by atoms with Crippen LogP contribution in [-0.2, 0) is 24.7 Å². The van der Waals surface area contributed by atoms with Crippen molar-refractivity contribution >= 4 is 25.8 Å². The summed E-state index contributed by atoms with van der Waals surface area (Å²) < 4.78 is 56.4. The third-order valence-electron chi connectivity index (χ3n) is 4.78. The summed E-state index contributed by atoms with van der Waals surface area (Å²) in [7, 11) is -7.23. The van der Waals surface area contributed by atoms with E-state index >= 15 is 0 Å². The summed E-state index contributed by atoms with van der Waals surface area (Å²) in [5.41, 5.74) is 0.299. The van der Waals surface area contributed by atoms with Crippen LogP contribution < -0.4 is 0 Å². The van der Waals surface area contributed by atoms with Gasteiger partial charge in [-0.25, -0.2) is 16.8 Å². The molecule has 0 aromatic carbocycles. The molecular formula is C17H29N3O6S2. The molecule has 2 heterocycles. The van der Waals surface area contributed by atoms with Gasteiger partial charge in [-0.1, -0.05) is 24.9 Å².